The van der Waals surface area contributed by atoms with E-state index in [1.807, 2.05) is 24.3 Å². The number of hydrogen-bond donors (Lipinski definition) is 3. The zero-order valence-corrected chi connectivity index (χ0v) is 11.2. The predicted molar refractivity (Wildman–Crippen MR) is 80.4 cm³/mol. The summed E-state index contributed by atoms with van der Waals surface area (Å²) in [4.78, 5) is 16.0. The molecule has 1 saturated carbocycles. The molecule has 0 radical (unpaired) electrons. The Morgan fingerprint density at radius 3 is 3.00 bits per heavy atom. The van der Waals surface area contributed by atoms with Crippen LogP contribution in [0.2, 0.25) is 0 Å². The minimum absolute atomic E-state index is 0.104. The molecule has 0 saturated heterocycles. The number of benzene rings is 1. The number of carbonyl (C=O) groups excluding carboxylic acids is 1. The molecule has 2 aromatic rings. The van der Waals surface area contributed by atoms with Gasteiger partial charge in [-0.2, -0.15) is 0 Å². The molecular formula is C15H18N4O. The lowest BCUT2D eigenvalue weighted by atomic mass is 10.1. The Labute approximate surface area is 117 Å². The lowest BCUT2D eigenvalue weighted by molar-refractivity contribution is -0.120. The number of nitrogens with two attached hydrogens (primary N) is 1. The molecule has 3 rings (SSSR count). The number of aromatic nitrogens is 1. The minimum Gasteiger partial charge on any atom is -0.398 e. The number of fused-ring (bicyclic) bond motifs is 1. The smallest absolute Gasteiger partial charge is 0.221 e. The van der Waals surface area contributed by atoms with Crippen LogP contribution in [-0.2, 0) is 4.79 Å². The monoisotopic (exact) mass is 270 g/mol. The van der Waals surface area contributed by atoms with Gasteiger partial charge in [-0.25, -0.2) is 0 Å². The van der Waals surface area contributed by atoms with Crippen LogP contribution < -0.4 is 16.4 Å². The number of nitrogen functional groups attached to an aromatic ring is 1. The normalized spacial score (nSPS) is 14.2. The van der Waals surface area contributed by atoms with Crippen LogP contribution in [-0.4, -0.2) is 23.5 Å². The third-order valence-electron chi connectivity index (χ3n) is 3.41. The largest absolute Gasteiger partial charge is 0.398 e. The van der Waals surface area contributed by atoms with Crippen LogP contribution in [0.1, 0.15) is 19.3 Å². The lowest BCUT2D eigenvalue weighted by Gasteiger charge is -2.10. The SMILES string of the molecule is Nc1ccc(NCCC(=O)NC2CC2)c2ncccc12. The molecule has 20 heavy (non-hydrogen) atoms. The summed E-state index contributed by atoms with van der Waals surface area (Å²) in [6.45, 7) is 0.591. The van der Waals surface area contributed by atoms with E-state index in [0.717, 1.165) is 29.4 Å². The van der Waals surface area contributed by atoms with E-state index >= 15 is 0 Å². The Hall–Kier alpha value is -2.30. The molecule has 1 heterocycles. The molecule has 1 aliphatic carbocycles. The summed E-state index contributed by atoms with van der Waals surface area (Å²) in [7, 11) is 0. The number of carbonyl (C=O) groups is 1. The Morgan fingerprint density at radius 1 is 1.35 bits per heavy atom. The van der Waals surface area contributed by atoms with Crippen molar-refractivity contribution in [2.75, 3.05) is 17.6 Å². The van der Waals surface area contributed by atoms with Crippen molar-refractivity contribution in [3.63, 3.8) is 0 Å². The van der Waals surface area contributed by atoms with Gasteiger partial charge < -0.3 is 16.4 Å². The van der Waals surface area contributed by atoms with Gasteiger partial charge in [-0.05, 0) is 37.1 Å². The Bertz CT molecular complexity index is 637. The molecule has 4 N–H and O–H groups in total. The molecule has 5 nitrogen and oxygen atoms in total. The average Bonchev–Trinajstić information content (AvgIpc) is 3.26. The first kappa shape index (κ1) is 12.7. The zero-order chi connectivity index (χ0) is 13.9. The number of amides is 1. The molecule has 1 fully saturated rings. The van der Waals surface area contributed by atoms with Crippen molar-refractivity contribution in [2.24, 2.45) is 0 Å². The van der Waals surface area contributed by atoms with Gasteiger partial charge in [0.25, 0.3) is 0 Å². The van der Waals surface area contributed by atoms with Gasteiger partial charge in [0.05, 0.1) is 11.2 Å². The van der Waals surface area contributed by atoms with Crippen molar-refractivity contribution < 1.29 is 4.79 Å². The van der Waals surface area contributed by atoms with Gasteiger partial charge in [0.2, 0.25) is 5.91 Å². The molecule has 0 aliphatic heterocycles. The van der Waals surface area contributed by atoms with Crippen LogP contribution in [0.25, 0.3) is 10.9 Å². The average molecular weight is 270 g/mol. The second-order valence-electron chi connectivity index (χ2n) is 5.12. The number of anilines is 2. The number of pyridine rings is 1. The molecule has 0 atom stereocenters. The molecule has 0 bridgehead atoms. The van der Waals surface area contributed by atoms with Crippen molar-refractivity contribution in [1.82, 2.24) is 10.3 Å². The lowest BCUT2D eigenvalue weighted by Crippen LogP contribution is -2.27. The summed E-state index contributed by atoms with van der Waals surface area (Å²) in [5, 5.41) is 7.16. The Kier molecular flexibility index (Phi) is 3.41. The summed E-state index contributed by atoms with van der Waals surface area (Å²) in [5.74, 6) is 0.104. The first-order valence-electron chi connectivity index (χ1n) is 6.90. The fraction of sp³-hybridized carbons (Fsp3) is 0.333. The summed E-state index contributed by atoms with van der Waals surface area (Å²) in [6, 6.07) is 8.00. The quantitative estimate of drug-likeness (QED) is 0.725. The second kappa shape index (κ2) is 5.36. The van der Waals surface area contributed by atoms with E-state index < -0.39 is 0 Å². The van der Waals surface area contributed by atoms with Crippen LogP contribution in [0.15, 0.2) is 30.5 Å². The van der Waals surface area contributed by atoms with Crippen molar-refractivity contribution in [3.8, 4) is 0 Å². The fourth-order valence-corrected chi connectivity index (χ4v) is 2.18. The second-order valence-corrected chi connectivity index (χ2v) is 5.12. The maximum Gasteiger partial charge on any atom is 0.221 e. The third-order valence-corrected chi connectivity index (χ3v) is 3.41. The highest BCUT2D eigenvalue weighted by atomic mass is 16.1. The summed E-state index contributed by atoms with van der Waals surface area (Å²) in [6.07, 6.45) is 4.44. The van der Waals surface area contributed by atoms with Crippen LogP contribution in [0, 0.1) is 0 Å². The zero-order valence-electron chi connectivity index (χ0n) is 11.2. The molecule has 5 heteroatoms. The van der Waals surface area contributed by atoms with Gasteiger partial charge in [-0.1, -0.05) is 0 Å². The van der Waals surface area contributed by atoms with Crippen molar-refractivity contribution in [1.29, 1.82) is 0 Å². The molecule has 1 amide bonds. The maximum absolute atomic E-state index is 11.6. The number of nitrogens with zero attached hydrogens (tertiary/aromatic N) is 1. The van der Waals surface area contributed by atoms with Gasteiger partial charge >= 0.3 is 0 Å². The number of hydrogen-bond acceptors (Lipinski definition) is 4. The minimum atomic E-state index is 0.104. The van der Waals surface area contributed by atoms with E-state index in [2.05, 4.69) is 15.6 Å². The molecular weight excluding hydrogens is 252 g/mol. The predicted octanol–water partition coefficient (Wildman–Crippen LogP) is 1.90. The molecule has 0 spiro atoms. The van der Waals surface area contributed by atoms with Crippen LogP contribution >= 0.6 is 0 Å². The first-order valence-corrected chi connectivity index (χ1v) is 6.90. The van der Waals surface area contributed by atoms with Gasteiger partial charge in [0.1, 0.15) is 0 Å². The molecule has 1 aromatic heterocycles. The summed E-state index contributed by atoms with van der Waals surface area (Å²) in [5.41, 5.74) is 8.40. The Morgan fingerprint density at radius 2 is 2.20 bits per heavy atom. The standard InChI is InChI=1S/C15H18N4O/c16-12-5-6-13(15-11(12)2-1-8-18-15)17-9-7-14(20)19-10-3-4-10/h1-2,5-6,8,10,17H,3-4,7,9,16H2,(H,19,20). The third kappa shape index (κ3) is 2.82. The maximum atomic E-state index is 11.6. The van der Waals surface area contributed by atoms with Crippen molar-refractivity contribution >= 4 is 28.2 Å². The van der Waals surface area contributed by atoms with E-state index in [1.165, 1.54) is 0 Å². The molecule has 1 aliphatic rings. The number of nitrogens with one attached hydrogen (secondary N) is 2. The fourth-order valence-electron chi connectivity index (χ4n) is 2.18. The first-order chi connectivity index (χ1) is 9.74. The van der Waals surface area contributed by atoms with E-state index in [9.17, 15) is 4.79 Å². The summed E-state index contributed by atoms with van der Waals surface area (Å²) < 4.78 is 0. The van der Waals surface area contributed by atoms with Crippen molar-refractivity contribution in [2.45, 2.75) is 25.3 Å². The highest BCUT2D eigenvalue weighted by molar-refractivity contribution is 5.98. The Balaban J connectivity index is 1.65. The van der Waals surface area contributed by atoms with Gasteiger partial charge in [0.15, 0.2) is 0 Å². The van der Waals surface area contributed by atoms with Gasteiger partial charge in [-0.15, -0.1) is 0 Å². The van der Waals surface area contributed by atoms with E-state index in [4.69, 9.17) is 5.73 Å². The van der Waals surface area contributed by atoms with Gasteiger partial charge in [0, 0.05) is 36.3 Å². The molecule has 1 aromatic carbocycles. The highest BCUT2D eigenvalue weighted by Gasteiger charge is 2.22. The highest BCUT2D eigenvalue weighted by Crippen LogP contribution is 2.26. The molecule has 0 unspecified atom stereocenters. The van der Waals surface area contributed by atoms with E-state index in [-0.39, 0.29) is 5.91 Å². The topological polar surface area (TPSA) is 80.0 Å². The van der Waals surface area contributed by atoms with E-state index in [0.29, 0.717) is 24.7 Å². The number of rotatable bonds is 5. The van der Waals surface area contributed by atoms with Gasteiger partial charge in [-0.3, -0.25) is 9.78 Å². The van der Waals surface area contributed by atoms with E-state index in [1.54, 1.807) is 6.20 Å². The molecule has 104 valence electrons. The summed E-state index contributed by atoms with van der Waals surface area (Å²) >= 11 is 0. The van der Waals surface area contributed by atoms with Crippen LogP contribution in [0.3, 0.4) is 0 Å². The van der Waals surface area contributed by atoms with Crippen molar-refractivity contribution in [3.05, 3.63) is 30.5 Å². The van der Waals surface area contributed by atoms with Crippen LogP contribution in [0.5, 0.6) is 0 Å². The van der Waals surface area contributed by atoms with Crippen LogP contribution in [0.4, 0.5) is 11.4 Å².